The number of methoxy groups -OCH3 is 2. The molecule has 1 heterocycles. The van der Waals surface area contributed by atoms with E-state index in [4.69, 9.17) is 14.2 Å². The van der Waals surface area contributed by atoms with E-state index in [1.807, 2.05) is 61.3 Å². The molecule has 2 aliphatic rings. The Hall–Kier alpha value is -3.44. The molecule has 0 aromatic heterocycles. The predicted octanol–water partition coefficient (Wildman–Crippen LogP) is 4.85. The summed E-state index contributed by atoms with van der Waals surface area (Å²) in [6, 6.07) is 15.8. The lowest BCUT2D eigenvalue weighted by atomic mass is 9.90. The number of nitriles is 1. The Bertz CT molecular complexity index is 1100. The Kier molecular flexibility index (Phi) is 9.35. The molecule has 8 nitrogen and oxygen atoms in total. The van der Waals surface area contributed by atoms with E-state index in [9.17, 15) is 10.1 Å². The molecule has 3 unspecified atom stereocenters. The maximum absolute atomic E-state index is 12.4. The van der Waals surface area contributed by atoms with E-state index in [2.05, 4.69) is 16.3 Å². The Morgan fingerprint density at radius 1 is 1.11 bits per heavy atom. The Morgan fingerprint density at radius 2 is 1.79 bits per heavy atom. The lowest BCUT2D eigenvalue weighted by Crippen LogP contribution is -2.55. The van der Waals surface area contributed by atoms with Crippen LogP contribution >= 0.6 is 0 Å². The maximum atomic E-state index is 12.4. The third kappa shape index (κ3) is 6.33. The van der Waals surface area contributed by atoms with Gasteiger partial charge in [0.2, 0.25) is 0 Å². The molecule has 1 saturated heterocycles. The molecule has 2 aromatic rings. The molecule has 1 aliphatic carbocycles. The van der Waals surface area contributed by atoms with Crippen molar-refractivity contribution in [3.8, 4) is 23.3 Å². The molecular formula is C30H40N4O4. The molecule has 2 fully saturated rings. The van der Waals surface area contributed by atoms with E-state index >= 15 is 0 Å². The fourth-order valence-corrected chi connectivity index (χ4v) is 6.14. The van der Waals surface area contributed by atoms with Gasteiger partial charge in [-0.15, -0.1) is 0 Å². The number of benzene rings is 2. The summed E-state index contributed by atoms with van der Waals surface area (Å²) in [5.74, 6) is 3.05. The van der Waals surface area contributed by atoms with Crippen LogP contribution in [0.3, 0.4) is 0 Å². The Labute approximate surface area is 226 Å². The first-order valence-corrected chi connectivity index (χ1v) is 13.6. The van der Waals surface area contributed by atoms with Gasteiger partial charge in [0.15, 0.2) is 11.5 Å². The number of nitrogens with zero attached hydrogens (tertiary/aromatic N) is 3. The van der Waals surface area contributed by atoms with Gasteiger partial charge in [-0.3, -0.25) is 0 Å². The quantitative estimate of drug-likeness (QED) is 0.456. The van der Waals surface area contributed by atoms with E-state index in [0.717, 1.165) is 38.0 Å². The van der Waals surface area contributed by atoms with Crippen molar-refractivity contribution < 1.29 is 19.0 Å². The van der Waals surface area contributed by atoms with Crippen LogP contribution in [-0.2, 0) is 0 Å². The number of amides is 2. The van der Waals surface area contributed by atoms with E-state index in [0.29, 0.717) is 47.2 Å². The van der Waals surface area contributed by atoms with Crippen molar-refractivity contribution in [2.45, 2.75) is 44.8 Å². The minimum atomic E-state index is -0.154. The largest absolute Gasteiger partial charge is 0.493 e. The van der Waals surface area contributed by atoms with E-state index in [1.54, 1.807) is 14.2 Å². The van der Waals surface area contributed by atoms with Gasteiger partial charge in [-0.05, 0) is 80.8 Å². The second kappa shape index (κ2) is 12.9. The first-order valence-electron chi connectivity index (χ1n) is 13.6. The molecule has 0 radical (unpaired) electrons. The molecule has 1 saturated carbocycles. The van der Waals surface area contributed by atoms with Crippen LogP contribution in [0.15, 0.2) is 42.5 Å². The number of carbonyl (C=O) groups excluding carboxylic acids is 1. The van der Waals surface area contributed by atoms with Gasteiger partial charge < -0.3 is 29.3 Å². The Balaban J connectivity index is 1.39. The Morgan fingerprint density at radius 3 is 2.39 bits per heavy atom. The first kappa shape index (κ1) is 27.6. The number of piperidine rings is 1. The van der Waals surface area contributed by atoms with Gasteiger partial charge in [0.1, 0.15) is 11.9 Å². The molecule has 2 aromatic carbocycles. The summed E-state index contributed by atoms with van der Waals surface area (Å²) in [7, 11) is 5.18. The fraction of sp³-hybridized carbons (Fsp3) is 0.533. The highest BCUT2D eigenvalue weighted by molar-refractivity contribution is 5.74. The molecule has 1 N–H and O–H groups in total. The van der Waals surface area contributed by atoms with Crippen LogP contribution in [0, 0.1) is 23.2 Å². The highest BCUT2D eigenvalue weighted by Gasteiger charge is 2.45. The van der Waals surface area contributed by atoms with Crippen molar-refractivity contribution in [3.63, 3.8) is 0 Å². The zero-order valence-electron chi connectivity index (χ0n) is 23.0. The summed E-state index contributed by atoms with van der Waals surface area (Å²) in [6.45, 7) is 5.67. The van der Waals surface area contributed by atoms with Crippen LogP contribution in [0.5, 0.6) is 17.2 Å². The second-order valence-electron chi connectivity index (χ2n) is 10.3. The van der Waals surface area contributed by atoms with Gasteiger partial charge in [-0.2, -0.15) is 5.26 Å². The number of carbonyl (C=O) groups is 1. The number of hydrogen-bond acceptors (Lipinski definition) is 6. The molecule has 204 valence electrons. The maximum Gasteiger partial charge on any atom is 0.317 e. The third-order valence-electron chi connectivity index (χ3n) is 7.94. The van der Waals surface area contributed by atoms with Crippen molar-refractivity contribution in [1.29, 1.82) is 5.26 Å². The standard InChI is InChI=1S/C30H40N4O4/c1-5-32-30(35)33(2)29-23-12-13-24(29)20-34(19-23)16-6-7-26(22-10-8-21(18-31)9-11-22)38-25-14-15-27(36-3)28(17-25)37-4/h8-11,14-15,17,23-24,26,29H,5-7,12-13,16,19-20H2,1-4H3,(H,32,35). The summed E-state index contributed by atoms with van der Waals surface area (Å²) >= 11 is 0. The van der Waals surface area contributed by atoms with Crippen LogP contribution in [0.2, 0.25) is 0 Å². The molecule has 4 rings (SSSR count). The van der Waals surface area contributed by atoms with Gasteiger partial charge >= 0.3 is 6.03 Å². The highest BCUT2D eigenvalue weighted by Crippen LogP contribution is 2.40. The second-order valence-corrected chi connectivity index (χ2v) is 10.3. The zero-order valence-corrected chi connectivity index (χ0v) is 23.0. The van der Waals surface area contributed by atoms with Crippen molar-refractivity contribution in [1.82, 2.24) is 15.1 Å². The average molecular weight is 521 g/mol. The minimum Gasteiger partial charge on any atom is -0.493 e. The monoisotopic (exact) mass is 520 g/mol. The molecule has 38 heavy (non-hydrogen) atoms. The first-order chi connectivity index (χ1) is 18.5. The number of ether oxygens (including phenoxy) is 3. The average Bonchev–Trinajstić information content (AvgIpc) is 3.21. The smallest absolute Gasteiger partial charge is 0.317 e. The van der Waals surface area contributed by atoms with Crippen LogP contribution < -0.4 is 19.5 Å². The number of rotatable bonds is 11. The van der Waals surface area contributed by atoms with Crippen molar-refractivity contribution in [3.05, 3.63) is 53.6 Å². The number of likely N-dealkylation sites (tertiary alicyclic amines) is 1. The van der Waals surface area contributed by atoms with Crippen molar-refractivity contribution >= 4 is 6.03 Å². The van der Waals surface area contributed by atoms with Crippen LogP contribution in [-0.4, -0.2) is 69.3 Å². The summed E-state index contributed by atoms with van der Waals surface area (Å²) in [6.07, 6.45) is 4.04. The fourth-order valence-electron chi connectivity index (χ4n) is 6.14. The van der Waals surface area contributed by atoms with Crippen LogP contribution in [0.1, 0.15) is 49.8 Å². The molecule has 2 amide bonds. The summed E-state index contributed by atoms with van der Waals surface area (Å²) < 4.78 is 17.3. The summed E-state index contributed by atoms with van der Waals surface area (Å²) in [4.78, 5) is 17.0. The summed E-state index contributed by atoms with van der Waals surface area (Å²) in [5.41, 5.74) is 1.68. The van der Waals surface area contributed by atoms with Crippen molar-refractivity contribution in [2.24, 2.45) is 11.8 Å². The van der Waals surface area contributed by atoms with Gasteiger partial charge in [0, 0.05) is 38.8 Å². The van der Waals surface area contributed by atoms with Gasteiger partial charge in [0.05, 0.1) is 25.9 Å². The predicted molar refractivity (Wildman–Crippen MR) is 147 cm³/mol. The summed E-state index contributed by atoms with van der Waals surface area (Å²) in [5, 5.41) is 12.2. The topological polar surface area (TPSA) is 87.1 Å². The van der Waals surface area contributed by atoms with Gasteiger partial charge in [-0.1, -0.05) is 12.1 Å². The molecular weight excluding hydrogens is 480 g/mol. The van der Waals surface area contributed by atoms with E-state index in [1.165, 1.54) is 12.8 Å². The van der Waals surface area contributed by atoms with Crippen LogP contribution in [0.25, 0.3) is 0 Å². The minimum absolute atomic E-state index is 0.0421. The number of urea groups is 1. The molecule has 0 spiro atoms. The number of fused-ring (bicyclic) bond motifs is 2. The number of nitrogens with one attached hydrogen (secondary N) is 1. The van der Waals surface area contributed by atoms with E-state index in [-0.39, 0.29) is 12.1 Å². The van der Waals surface area contributed by atoms with Gasteiger partial charge in [-0.25, -0.2) is 4.79 Å². The van der Waals surface area contributed by atoms with E-state index < -0.39 is 0 Å². The molecule has 8 heteroatoms. The van der Waals surface area contributed by atoms with Crippen molar-refractivity contribution in [2.75, 3.05) is 47.4 Å². The van der Waals surface area contributed by atoms with Gasteiger partial charge in [0.25, 0.3) is 0 Å². The lowest BCUT2D eigenvalue weighted by molar-refractivity contribution is 0.0733. The molecule has 2 bridgehead atoms. The zero-order chi connectivity index (χ0) is 27.1. The number of hydrogen-bond donors (Lipinski definition) is 1. The third-order valence-corrected chi connectivity index (χ3v) is 7.94. The normalized spacial score (nSPS) is 21.3. The molecule has 3 atom stereocenters. The highest BCUT2D eigenvalue weighted by atomic mass is 16.5. The SMILES string of the molecule is CCNC(=O)N(C)C1C2CCC1CN(CCCC(Oc1ccc(OC)c(OC)c1)c1ccc(C#N)cc1)C2. The van der Waals surface area contributed by atoms with Crippen LogP contribution in [0.4, 0.5) is 4.79 Å². The molecule has 1 aliphatic heterocycles. The lowest BCUT2D eigenvalue weighted by Gasteiger charge is -2.42.